The first-order valence-corrected chi connectivity index (χ1v) is 18.8. The van der Waals surface area contributed by atoms with Gasteiger partial charge in [-0.2, -0.15) is 8.42 Å². The second kappa shape index (κ2) is 20.7. The van der Waals surface area contributed by atoms with Gasteiger partial charge in [-0.05, 0) is 79.0 Å². The van der Waals surface area contributed by atoms with Gasteiger partial charge >= 0.3 is 37.7 Å². The largest absolute Gasteiger partial charge is 2.00 e. The second-order valence-electron chi connectivity index (χ2n) is 11.2. The Balaban J connectivity index is 0.000000333. The summed E-state index contributed by atoms with van der Waals surface area (Å²) in [5.41, 5.74) is 0.665. The number of hydrogen-bond donors (Lipinski definition) is 2. The standard InChI is InChI=1S/2C18H22O5S.Ca/c2*1-2-3-4-6-9-14-12-13-16(17(19)18(14)24(20,21)22)23-15-10-7-5-8-11-15;/h2*5,7-8,10-13,19H,2-4,6,9H2,1H3,(H,20,21,22);/q;;+2/p-2. The smallest absolute Gasteiger partial charge is 0.869 e. The van der Waals surface area contributed by atoms with Crippen LogP contribution in [0, 0.1) is 0 Å². The van der Waals surface area contributed by atoms with Gasteiger partial charge < -0.3 is 24.2 Å². The summed E-state index contributed by atoms with van der Waals surface area (Å²) in [4.78, 5) is -1.15. The van der Waals surface area contributed by atoms with Crippen LogP contribution in [0.15, 0.2) is 94.7 Å². The fourth-order valence-electron chi connectivity index (χ4n) is 5.01. The molecule has 0 aliphatic rings. The molecule has 2 N–H and O–H groups in total. The minimum absolute atomic E-state index is 0. The molecular formula is C36H42CaO10S2. The van der Waals surface area contributed by atoms with Crippen molar-refractivity contribution in [2.24, 2.45) is 0 Å². The van der Waals surface area contributed by atoms with Gasteiger partial charge in [0.1, 0.15) is 32.3 Å². The number of phenols is 1. The zero-order valence-electron chi connectivity index (χ0n) is 27.8. The van der Waals surface area contributed by atoms with E-state index in [0.29, 0.717) is 29.9 Å². The average Bonchev–Trinajstić information content (AvgIpc) is 3.04. The first-order chi connectivity index (χ1) is 22.9. The van der Waals surface area contributed by atoms with Gasteiger partial charge in [-0.3, -0.25) is 4.55 Å². The van der Waals surface area contributed by atoms with Crippen LogP contribution in [0.4, 0.5) is 0 Å². The number of aromatic hydroxyl groups is 1. The molecule has 0 radical (unpaired) electrons. The van der Waals surface area contributed by atoms with E-state index in [1.807, 2.05) is 6.07 Å². The number of rotatable bonds is 16. The normalized spacial score (nSPS) is 11.2. The van der Waals surface area contributed by atoms with Gasteiger partial charge in [0.25, 0.3) is 10.1 Å². The molecule has 0 unspecified atom stereocenters. The topological polar surface area (TPSA) is 173 Å². The summed E-state index contributed by atoms with van der Waals surface area (Å²) >= 11 is 0. The molecule has 4 aromatic carbocycles. The molecule has 0 saturated carbocycles. The molecule has 0 atom stereocenters. The monoisotopic (exact) mass is 738 g/mol. The molecule has 0 fully saturated rings. The van der Waals surface area contributed by atoms with Crippen molar-refractivity contribution < 1.29 is 45.6 Å². The Morgan fingerprint density at radius 1 is 0.612 bits per heavy atom. The molecule has 0 saturated heterocycles. The van der Waals surface area contributed by atoms with E-state index in [1.165, 1.54) is 18.2 Å². The van der Waals surface area contributed by atoms with E-state index in [9.17, 15) is 36.2 Å². The number of unbranched alkanes of at least 4 members (excludes halogenated alkanes) is 6. The Bertz CT molecular complexity index is 1680. The summed E-state index contributed by atoms with van der Waals surface area (Å²) in [6, 6.07) is 23.3. The zero-order valence-corrected chi connectivity index (χ0v) is 31.7. The first-order valence-electron chi connectivity index (χ1n) is 15.9. The summed E-state index contributed by atoms with van der Waals surface area (Å²) in [6.07, 6.45) is 8.45. The average molecular weight is 739 g/mol. The number of benzene rings is 4. The van der Waals surface area contributed by atoms with Gasteiger partial charge in [-0.1, -0.05) is 101 Å². The van der Waals surface area contributed by atoms with Crippen LogP contribution in [-0.4, -0.2) is 68.8 Å². The summed E-state index contributed by atoms with van der Waals surface area (Å²) < 4.78 is 78.5. The van der Waals surface area contributed by atoms with E-state index < -0.39 is 41.5 Å². The minimum atomic E-state index is -4.86. The predicted molar refractivity (Wildman–Crippen MR) is 186 cm³/mol. The Morgan fingerprint density at radius 2 is 1.04 bits per heavy atom. The van der Waals surface area contributed by atoms with E-state index in [2.05, 4.69) is 13.8 Å². The maximum absolute atomic E-state index is 12.4. The van der Waals surface area contributed by atoms with E-state index >= 15 is 0 Å². The van der Waals surface area contributed by atoms with Crippen molar-refractivity contribution in [3.63, 3.8) is 0 Å². The third-order valence-electron chi connectivity index (χ3n) is 7.38. The molecule has 49 heavy (non-hydrogen) atoms. The molecule has 0 aliphatic heterocycles. The quantitative estimate of drug-likeness (QED) is 0.0657. The van der Waals surface area contributed by atoms with Crippen molar-refractivity contribution in [2.75, 3.05) is 0 Å². The zero-order chi connectivity index (χ0) is 35.2. The third-order valence-corrected chi connectivity index (χ3v) is 9.30. The SMILES string of the molecule is CCCCCCc1ccc(Oc2ccccc2)c(O)c1S(=O)(=O)O.CCCCCCc1ccc(Oc2ccccc2)c([O-])c1S(=O)(=O)[O-].[Ca+2]. The van der Waals surface area contributed by atoms with Gasteiger partial charge in [-0.25, -0.2) is 8.42 Å². The minimum Gasteiger partial charge on any atom is -0.869 e. The Hall–Kier alpha value is -2.84. The first kappa shape index (κ1) is 42.3. The molecular weight excluding hydrogens is 697 g/mol. The number of phenolic OH excluding ortho intramolecular Hbond substituents is 1. The predicted octanol–water partition coefficient (Wildman–Crippen LogP) is 7.75. The summed E-state index contributed by atoms with van der Waals surface area (Å²) in [5.74, 6) is -0.736. The van der Waals surface area contributed by atoms with Crippen LogP contribution in [0.25, 0.3) is 0 Å². The van der Waals surface area contributed by atoms with Crippen LogP contribution in [0.5, 0.6) is 34.5 Å². The molecule has 4 rings (SSSR count). The van der Waals surface area contributed by atoms with Crippen LogP contribution in [0.2, 0.25) is 0 Å². The van der Waals surface area contributed by atoms with Crippen LogP contribution < -0.4 is 14.6 Å². The van der Waals surface area contributed by atoms with Gasteiger partial charge in [0.2, 0.25) is 0 Å². The van der Waals surface area contributed by atoms with Crippen molar-refractivity contribution in [3.8, 4) is 34.5 Å². The molecule has 0 bridgehead atoms. The maximum atomic E-state index is 12.4. The van der Waals surface area contributed by atoms with Crippen molar-refractivity contribution in [1.29, 1.82) is 0 Å². The van der Waals surface area contributed by atoms with Gasteiger partial charge in [-0.15, -0.1) is 0 Å². The molecule has 13 heteroatoms. The van der Waals surface area contributed by atoms with Gasteiger partial charge in [0, 0.05) is 0 Å². The van der Waals surface area contributed by atoms with E-state index in [0.717, 1.165) is 51.4 Å². The number of ether oxygens (including phenoxy) is 2. The fourth-order valence-corrected chi connectivity index (χ4v) is 6.68. The van der Waals surface area contributed by atoms with Crippen LogP contribution in [0.3, 0.4) is 0 Å². The number of hydrogen-bond acceptors (Lipinski definition) is 9. The summed E-state index contributed by atoms with van der Waals surface area (Å²) in [5, 5.41) is 22.7. The molecule has 260 valence electrons. The molecule has 0 spiro atoms. The van der Waals surface area contributed by atoms with Crippen molar-refractivity contribution in [3.05, 3.63) is 96.1 Å². The Morgan fingerprint density at radius 3 is 1.47 bits per heavy atom. The van der Waals surface area contributed by atoms with Crippen molar-refractivity contribution in [1.82, 2.24) is 0 Å². The van der Waals surface area contributed by atoms with Crippen LogP contribution >= 0.6 is 0 Å². The molecule has 0 amide bonds. The van der Waals surface area contributed by atoms with Crippen molar-refractivity contribution in [2.45, 2.75) is 87.8 Å². The van der Waals surface area contributed by atoms with E-state index in [1.54, 1.807) is 60.7 Å². The number of para-hydroxylation sites is 2. The number of aryl methyl sites for hydroxylation is 2. The maximum Gasteiger partial charge on any atom is 2.00 e. The molecule has 10 nitrogen and oxygen atoms in total. The molecule has 0 heterocycles. The Kier molecular flexibility index (Phi) is 17.9. The van der Waals surface area contributed by atoms with Crippen LogP contribution in [0.1, 0.15) is 76.3 Å². The van der Waals surface area contributed by atoms with Crippen molar-refractivity contribution >= 4 is 58.0 Å². The molecule has 0 aliphatic carbocycles. The van der Waals surface area contributed by atoms with E-state index in [4.69, 9.17) is 9.47 Å². The van der Waals surface area contributed by atoms with Gasteiger partial charge in [0.05, 0.1) is 4.90 Å². The second-order valence-corrected chi connectivity index (χ2v) is 13.8. The van der Waals surface area contributed by atoms with Crippen LogP contribution in [-0.2, 0) is 33.1 Å². The summed E-state index contributed by atoms with van der Waals surface area (Å²) in [6.45, 7) is 4.16. The molecule has 0 aromatic heterocycles. The van der Waals surface area contributed by atoms with Gasteiger partial charge in [0.15, 0.2) is 11.5 Å². The molecule has 4 aromatic rings. The third kappa shape index (κ3) is 13.4. The fraction of sp³-hybridized carbons (Fsp3) is 0.333. The Labute approximate surface area is 319 Å². The van der Waals surface area contributed by atoms with E-state index in [-0.39, 0.29) is 54.8 Å². The summed E-state index contributed by atoms with van der Waals surface area (Å²) in [7, 11) is -9.42.